The number of hydrogen-bond acceptors (Lipinski definition) is 6. The molecule has 0 unspecified atom stereocenters. The smallest absolute Gasteiger partial charge is 0.309 e. The van der Waals surface area contributed by atoms with E-state index >= 15 is 0 Å². The summed E-state index contributed by atoms with van der Waals surface area (Å²) in [5.41, 5.74) is 3.10. The number of carbonyl (C=O) groups excluding carboxylic acids is 3. The monoisotopic (exact) mass is 413 g/mol. The summed E-state index contributed by atoms with van der Waals surface area (Å²) in [6, 6.07) is 5.97. The first-order valence-electron chi connectivity index (χ1n) is 10.9. The van der Waals surface area contributed by atoms with Crippen LogP contribution in [0, 0.1) is 5.92 Å². The van der Waals surface area contributed by atoms with E-state index < -0.39 is 5.60 Å². The van der Waals surface area contributed by atoms with Crippen molar-refractivity contribution in [3.05, 3.63) is 23.8 Å². The van der Waals surface area contributed by atoms with Gasteiger partial charge >= 0.3 is 5.97 Å². The standard InChI is InChI=1S/C23H31N3O4/c1-23(2,3)30-22(29)15-9-12-25(13-10-15)17-5-4-6-18-16(17)11-14-26(18)19-7-8-20(27)24-21(19)28/h4-6,15,19H,7-14H2,1-3H3,(H,24,27,28)/t19-/m0/s1. The highest BCUT2D eigenvalue weighted by Gasteiger charge is 2.37. The number of carbonyl (C=O) groups is 3. The molecule has 2 amide bonds. The molecule has 4 rings (SSSR count). The molecule has 3 aliphatic heterocycles. The van der Waals surface area contributed by atoms with Gasteiger partial charge in [0.15, 0.2) is 0 Å². The topological polar surface area (TPSA) is 79.0 Å². The molecule has 3 heterocycles. The summed E-state index contributed by atoms with van der Waals surface area (Å²) in [5, 5.41) is 2.47. The molecular formula is C23H31N3O4. The molecule has 162 valence electrons. The van der Waals surface area contributed by atoms with E-state index in [4.69, 9.17) is 4.74 Å². The van der Waals surface area contributed by atoms with Crippen LogP contribution in [0.15, 0.2) is 18.2 Å². The molecule has 1 aromatic carbocycles. The van der Waals surface area contributed by atoms with Crippen molar-refractivity contribution in [1.82, 2.24) is 5.32 Å². The normalized spacial score (nSPS) is 22.7. The van der Waals surface area contributed by atoms with Gasteiger partial charge < -0.3 is 14.5 Å². The summed E-state index contributed by atoms with van der Waals surface area (Å²) in [4.78, 5) is 40.8. The molecule has 0 aliphatic carbocycles. The van der Waals surface area contributed by atoms with Crippen LogP contribution in [0.4, 0.5) is 11.4 Å². The molecular weight excluding hydrogens is 382 g/mol. The Balaban J connectivity index is 1.45. The summed E-state index contributed by atoms with van der Waals surface area (Å²) in [7, 11) is 0. The summed E-state index contributed by atoms with van der Waals surface area (Å²) >= 11 is 0. The highest BCUT2D eigenvalue weighted by molar-refractivity contribution is 6.02. The van der Waals surface area contributed by atoms with Gasteiger partial charge in [-0.25, -0.2) is 0 Å². The van der Waals surface area contributed by atoms with Gasteiger partial charge in [0.1, 0.15) is 11.6 Å². The summed E-state index contributed by atoms with van der Waals surface area (Å²) in [6.45, 7) is 8.13. The molecule has 1 atom stereocenters. The molecule has 0 spiro atoms. The first-order valence-corrected chi connectivity index (χ1v) is 10.9. The van der Waals surface area contributed by atoms with Crippen molar-refractivity contribution in [3.8, 4) is 0 Å². The van der Waals surface area contributed by atoms with E-state index in [-0.39, 0.29) is 29.7 Å². The van der Waals surface area contributed by atoms with Crippen molar-refractivity contribution in [2.75, 3.05) is 29.4 Å². The van der Waals surface area contributed by atoms with Crippen LogP contribution >= 0.6 is 0 Å². The number of anilines is 2. The first kappa shape index (κ1) is 20.7. The van der Waals surface area contributed by atoms with Crippen molar-refractivity contribution in [2.45, 2.75) is 64.5 Å². The van der Waals surface area contributed by atoms with Crippen LogP contribution in [0.25, 0.3) is 0 Å². The van der Waals surface area contributed by atoms with E-state index in [9.17, 15) is 14.4 Å². The Bertz CT molecular complexity index is 852. The molecule has 0 saturated carbocycles. The molecule has 1 N–H and O–H groups in total. The second-order valence-electron chi connectivity index (χ2n) is 9.48. The van der Waals surface area contributed by atoms with Gasteiger partial charge in [0.25, 0.3) is 0 Å². The van der Waals surface area contributed by atoms with E-state index in [1.54, 1.807) is 0 Å². The van der Waals surface area contributed by atoms with Crippen LogP contribution < -0.4 is 15.1 Å². The Morgan fingerprint density at radius 1 is 1.03 bits per heavy atom. The Morgan fingerprint density at radius 3 is 2.40 bits per heavy atom. The molecule has 0 bridgehead atoms. The number of nitrogens with one attached hydrogen (secondary N) is 1. The summed E-state index contributed by atoms with van der Waals surface area (Å²) < 4.78 is 5.57. The van der Waals surface area contributed by atoms with E-state index in [1.165, 1.54) is 11.3 Å². The second-order valence-corrected chi connectivity index (χ2v) is 9.48. The number of piperidine rings is 2. The lowest BCUT2D eigenvalue weighted by molar-refractivity contribution is -0.160. The second kappa shape index (κ2) is 7.93. The highest BCUT2D eigenvalue weighted by atomic mass is 16.6. The minimum atomic E-state index is -0.450. The third kappa shape index (κ3) is 4.16. The van der Waals surface area contributed by atoms with Crippen molar-refractivity contribution >= 4 is 29.2 Å². The van der Waals surface area contributed by atoms with Gasteiger partial charge in [0.2, 0.25) is 11.8 Å². The molecule has 30 heavy (non-hydrogen) atoms. The van der Waals surface area contributed by atoms with Crippen LogP contribution in [-0.2, 0) is 25.5 Å². The minimum Gasteiger partial charge on any atom is -0.460 e. The van der Waals surface area contributed by atoms with Gasteiger partial charge in [-0.1, -0.05) is 6.07 Å². The predicted octanol–water partition coefficient (Wildman–Crippen LogP) is 2.41. The molecule has 2 fully saturated rings. The Kier molecular flexibility index (Phi) is 5.47. The van der Waals surface area contributed by atoms with E-state index in [0.29, 0.717) is 12.8 Å². The SMILES string of the molecule is CC(C)(C)OC(=O)C1CCN(c2cccc3c2CCN3[C@H]2CCC(=O)NC2=O)CC1. The molecule has 0 radical (unpaired) electrons. The molecule has 2 saturated heterocycles. The van der Waals surface area contributed by atoms with E-state index in [1.807, 2.05) is 26.8 Å². The number of imide groups is 1. The summed E-state index contributed by atoms with van der Waals surface area (Å²) in [6.07, 6.45) is 3.41. The number of ether oxygens (including phenoxy) is 1. The molecule has 7 nitrogen and oxygen atoms in total. The van der Waals surface area contributed by atoms with Crippen molar-refractivity contribution in [2.24, 2.45) is 5.92 Å². The number of amides is 2. The van der Waals surface area contributed by atoms with Crippen LogP contribution in [0.2, 0.25) is 0 Å². The maximum Gasteiger partial charge on any atom is 0.309 e. The van der Waals surface area contributed by atoms with Crippen molar-refractivity contribution in [3.63, 3.8) is 0 Å². The van der Waals surface area contributed by atoms with Crippen LogP contribution in [0.5, 0.6) is 0 Å². The van der Waals surface area contributed by atoms with E-state index in [2.05, 4.69) is 27.2 Å². The average Bonchev–Trinajstić information content (AvgIpc) is 3.11. The largest absolute Gasteiger partial charge is 0.460 e. The zero-order valence-corrected chi connectivity index (χ0v) is 18.1. The average molecular weight is 414 g/mol. The number of esters is 1. The van der Waals surface area contributed by atoms with Gasteiger partial charge in [-0.05, 0) is 58.6 Å². The first-order chi connectivity index (χ1) is 14.2. The predicted molar refractivity (Wildman–Crippen MR) is 114 cm³/mol. The third-order valence-corrected chi connectivity index (χ3v) is 6.20. The lowest BCUT2D eigenvalue weighted by atomic mass is 9.95. The fourth-order valence-electron chi connectivity index (χ4n) is 4.78. The highest BCUT2D eigenvalue weighted by Crippen LogP contribution is 2.39. The van der Waals surface area contributed by atoms with Crippen molar-refractivity contribution < 1.29 is 19.1 Å². The van der Waals surface area contributed by atoms with Crippen molar-refractivity contribution in [1.29, 1.82) is 0 Å². The maximum atomic E-state index is 12.4. The molecule has 1 aromatic rings. The van der Waals surface area contributed by atoms with Crippen LogP contribution in [0.1, 0.15) is 52.0 Å². The van der Waals surface area contributed by atoms with Gasteiger partial charge in [0.05, 0.1) is 5.92 Å². The maximum absolute atomic E-state index is 12.4. The van der Waals surface area contributed by atoms with Gasteiger partial charge in [-0.3, -0.25) is 19.7 Å². The molecule has 3 aliphatic rings. The molecule has 0 aromatic heterocycles. The van der Waals surface area contributed by atoms with Gasteiger partial charge in [0, 0.05) is 43.0 Å². The van der Waals surface area contributed by atoms with Crippen LogP contribution in [0.3, 0.4) is 0 Å². The fourth-order valence-corrected chi connectivity index (χ4v) is 4.78. The summed E-state index contributed by atoms with van der Waals surface area (Å²) in [5.74, 6) is -0.512. The molecule has 7 heteroatoms. The lowest BCUT2D eigenvalue weighted by Crippen LogP contribution is -2.52. The van der Waals surface area contributed by atoms with E-state index in [0.717, 1.165) is 44.6 Å². The van der Waals surface area contributed by atoms with Crippen LogP contribution in [-0.4, -0.2) is 49.1 Å². The Labute approximate surface area is 177 Å². The minimum absolute atomic E-state index is 0.0443. The number of hydrogen-bond donors (Lipinski definition) is 1. The number of benzene rings is 1. The fraction of sp³-hybridized carbons (Fsp3) is 0.609. The Hall–Kier alpha value is -2.57. The number of fused-ring (bicyclic) bond motifs is 1. The Morgan fingerprint density at radius 2 is 1.73 bits per heavy atom. The van der Waals surface area contributed by atoms with Gasteiger partial charge in [-0.2, -0.15) is 0 Å². The zero-order chi connectivity index (χ0) is 21.5. The third-order valence-electron chi connectivity index (χ3n) is 6.20. The zero-order valence-electron chi connectivity index (χ0n) is 18.1. The quantitative estimate of drug-likeness (QED) is 0.606. The number of rotatable bonds is 3. The lowest BCUT2D eigenvalue weighted by Gasteiger charge is -2.35. The number of nitrogens with zero attached hydrogens (tertiary/aromatic N) is 2. The van der Waals surface area contributed by atoms with Gasteiger partial charge in [-0.15, -0.1) is 0 Å².